The minimum Gasteiger partial charge on any atom is -0.367 e. The molecule has 5 nitrogen and oxygen atoms in total. The first kappa shape index (κ1) is 14.5. The van der Waals surface area contributed by atoms with E-state index in [2.05, 4.69) is 20.6 Å². The van der Waals surface area contributed by atoms with E-state index in [0.29, 0.717) is 11.7 Å². The molecule has 1 aliphatic rings. The van der Waals surface area contributed by atoms with Crippen LogP contribution >= 0.6 is 0 Å². The maximum absolute atomic E-state index is 12.3. The quantitative estimate of drug-likeness (QED) is 0.907. The molecule has 0 radical (unpaired) electrons. The third kappa shape index (κ3) is 3.42. The van der Waals surface area contributed by atoms with E-state index in [1.165, 1.54) is 19.2 Å². The van der Waals surface area contributed by atoms with Gasteiger partial charge in [0.1, 0.15) is 17.8 Å². The van der Waals surface area contributed by atoms with Crippen LogP contribution in [0.3, 0.4) is 0 Å². The van der Waals surface area contributed by atoms with Gasteiger partial charge in [-0.2, -0.15) is 0 Å². The van der Waals surface area contributed by atoms with E-state index < -0.39 is 0 Å². The molecular weight excluding hydrogens is 276 g/mol. The number of aromatic nitrogens is 2. The Morgan fingerprint density at radius 2 is 1.95 bits per heavy atom. The van der Waals surface area contributed by atoms with Crippen LogP contribution in [0, 0.1) is 6.92 Å². The lowest BCUT2D eigenvalue weighted by Crippen LogP contribution is -2.18. The molecule has 0 saturated heterocycles. The van der Waals surface area contributed by atoms with Crippen molar-refractivity contribution in [3.8, 4) is 0 Å². The number of nitrogens with one attached hydrogen (secondary N) is 2. The van der Waals surface area contributed by atoms with Gasteiger partial charge in [0, 0.05) is 17.8 Å². The lowest BCUT2D eigenvalue weighted by molar-refractivity contribution is 0.102. The molecule has 0 spiro atoms. The maximum Gasteiger partial charge on any atom is 0.274 e. The first-order chi connectivity index (χ1) is 10.7. The fraction of sp³-hybridized carbons (Fsp3) is 0.353. The van der Waals surface area contributed by atoms with Crippen molar-refractivity contribution in [2.75, 3.05) is 10.6 Å². The van der Waals surface area contributed by atoms with Crippen molar-refractivity contribution in [2.45, 2.75) is 38.6 Å². The number of benzene rings is 1. The third-order valence-electron chi connectivity index (χ3n) is 4.00. The normalized spacial score (nSPS) is 14.8. The first-order valence-corrected chi connectivity index (χ1v) is 7.68. The number of amides is 1. The molecule has 1 aliphatic carbocycles. The number of nitrogens with zero attached hydrogens (tertiary/aromatic N) is 2. The zero-order valence-corrected chi connectivity index (χ0v) is 12.7. The van der Waals surface area contributed by atoms with Gasteiger partial charge in [-0.15, -0.1) is 0 Å². The number of hydrogen-bond donors (Lipinski definition) is 2. The summed E-state index contributed by atoms with van der Waals surface area (Å²) in [6.07, 6.45) is 6.26. The molecule has 1 fully saturated rings. The van der Waals surface area contributed by atoms with Crippen LogP contribution in [0.5, 0.6) is 0 Å². The Balaban J connectivity index is 1.71. The fourth-order valence-corrected chi connectivity index (χ4v) is 2.74. The minimum absolute atomic E-state index is 0.217. The van der Waals surface area contributed by atoms with Crippen molar-refractivity contribution >= 4 is 17.4 Å². The Morgan fingerprint density at radius 1 is 1.18 bits per heavy atom. The molecule has 5 heteroatoms. The van der Waals surface area contributed by atoms with E-state index in [9.17, 15) is 4.79 Å². The Morgan fingerprint density at radius 3 is 2.73 bits per heavy atom. The number of aryl methyl sites for hydroxylation is 1. The van der Waals surface area contributed by atoms with Crippen LogP contribution in [-0.4, -0.2) is 21.9 Å². The summed E-state index contributed by atoms with van der Waals surface area (Å²) in [6, 6.07) is 9.86. The van der Waals surface area contributed by atoms with Crippen LogP contribution in [0.25, 0.3) is 0 Å². The minimum atomic E-state index is -0.217. The van der Waals surface area contributed by atoms with E-state index >= 15 is 0 Å². The van der Waals surface area contributed by atoms with Crippen molar-refractivity contribution in [1.29, 1.82) is 0 Å². The van der Waals surface area contributed by atoms with Crippen LogP contribution in [-0.2, 0) is 0 Å². The fourth-order valence-electron chi connectivity index (χ4n) is 2.74. The van der Waals surface area contributed by atoms with E-state index in [1.807, 2.05) is 31.2 Å². The molecule has 0 atom stereocenters. The molecule has 1 saturated carbocycles. The van der Waals surface area contributed by atoms with Crippen LogP contribution in [0.15, 0.2) is 36.7 Å². The van der Waals surface area contributed by atoms with Gasteiger partial charge in [0.25, 0.3) is 5.91 Å². The molecule has 0 unspecified atom stereocenters. The number of carbonyl (C=O) groups is 1. The number of rotatable bonds is 4. The standard InChI is InChI=1S/C17H20N4O/c1-12-6-2-5-9-14(12)21-17(22)15-10-16(19-11-18-15)20-13-7-3-4-8-13/h2,5-6,9-11,13H,3-4,7-8H2,1H3,(H,21,22)(H,18,19,20). The summed E-state index contributed by atoms with van der Waals surface area (Å²) in [5.41, 5.74) is 2.20. The topological polar surface area (TPSA) is 66.9 Å². The monoisotopic (exact) mass is 296 g/mol. The number of para-hydroxylation sites is 1. The maximum atomic E-state index is 12.3. The first-order valence-electron chi connectivity index (χ1n) is 7.68. The third-order valence-corrected chi connectivity index (χ3v) is 4.00. The molecule has 3 rings (SSSR count). The highest BCUT2D eigenvalue weighted by atomic mass is 16.1. The Bertz CT molecular complexity index is 665. The number of anilines is 2. The van der Waals surface area contributed by atoms with Gasteiger partial charge in [0.2, 0.25) is 0 Å². The van der Waals surface area contributed by atoms with Gasteiger partial charge < -0.3 is 10.6 Å². The van der Waals surface area contributed by atoms with Crippen LogP contribution in [0.4, 0.5) is 11.5 Å². The van der Waals surface area contributed by atoms with Crippen LogP contribution in [0.2, 0.25) is 0 Å². The molecule has 1 aromatic heterocycles. The lowest BCUT2D eigenvalue weighted by atomic mass is 10.2. The molecule has 2 N–H and O–H groups in total. The van der Waals surface area contributed by atoms with E-state index in [1.54, 1.807) is 6.07 Å². The van der Waals surface area contributed by atoms with Gasteiger partial charge in [0.15, 0.2) is 0 Å². The molecular formula is C17H20N4O. The predicted octanol–water partition coefficient (Wildman–Crippen LogP) is 3.39. The number of hydrogen-bond acceptors (Lipinski definition) is 4. The zero-order chi connectivity index (χ0) is 15.4. The van der Waals surface area contributed by atoms with Gasteiger partial charge in [-0.1, -0.05) is 31.0 Å². The summed E-state index contributed by atoms with van der Waals surface area (Å²) in [6.45, 7) is 1.96. The zero-order valence-electron chi connectivity index (χ0n) is 12.7. The molecule has 1 aromatic carbocycles. The average molecular weight is 296 g/mol. The van der Waals surface area contributed by atoms with Gasteiger partial charge in [-0.05, 0) is 31.4 Å². The van der Waals surface area contributed by atoms with Crippen LogP contribution < -0.4 is 10.6 Å². The van der Waals surface area contributed by atoms with Gasteiger partial charge in [-0.25, -0.2) is 9.97 Å². The van der Waals surface area contributed by atoms with Gasteiger partial charge >= 0.3 is 0 Å². The summed E-state index contributed by atoms with van der Waals surface area (Å²) in [4.78, 5) is 20.6. The van der Waals surface area contributed by atoms with Gasteiger partial charge in [-0.3, -0.25) is 4.79 Å². The second kappa shape index (κ2) is 6.56. The SMILES string of the molecule is Cc1ccccc1NC(=O)c1cc(NC2CCCC2)ncn1. The van der Waals surface area contributed by atoms with Crippen molar-refractivity contribution in [2.24, 2.45) is 0 Å². The molecule has 1 amide bonds. The Labute approximate surface area is 130 Å². The second-order valence-corrected chi connectivity index (χ2v) is 5.68. The molecule has 0 bridgehead atoms. The highest BCUT2D eigenvalue weighted by Crippen LogP contribution is 2.21. The molecule has 114 valence electrons. The molecule has 22 heavy (non-hydrogen) atoms. The molecule has 0 aliphatic heterocycles. The summed E-state index contributed by atoms with van der Waals surface area (Å²) < 4.78 is 0. The molecule has 2 aromatic rings. The van der Waals surface area contributed by atoms with Crippen LogP contribution in [0.1, 0.15) is 41.7 Å². The summed E-state index contributed by atoms with van der Waals surface area (Å²) in [5.74, 6) is 0.503. The summed E-state index contributed by atoms with van der Waals surface area (Å²) in [5, 5.41) is 6.27. The second-order valence-electron chi connectivity index (χ2n) is 5.68. The van der Waals surface area contributed by atoms with Crippen molar-refractivity contribution in [1.82, 2.24) is 9.97 Å². The summed E-state index contributed by atoms with van der Waals surface area (Å²) in [7, 11) is 0. The van der Waals surface area contributed by atoms with E-state index in [-0.39, 0.29) is 5.91 Å². The Kier molecular flexibility index (Phi) is 4.32. The average Bonchev–Trinajstić information content (AvgIpc) is 3.03. The highest BCUT2D eigenvalue weighted by Gasteiger charge is 2.16. The largest absolute Gasteiger partial charge is 0.367 e. The van der Waals surface area contributed by atoms with Gasteiger partial charge in [0.05, 0.1) is 0 Å². The Hall–Kier alpha value is -2.43. The van der Waals surface area contributed by atoms with Crippen molar-refractivity contribution in [3.05, 3.63) is 47.9 Å². The summed E-state index contributed by atoms with van der Waals surface area (Å²) >= 11 is 0. The van der Waals surface area contributed by atoms with Crippen molar-refractivity contribution in [3.63, 3.8) is 0 Å². The smallest absolute Gasteiger partial charge is 0.274 e. The molecule has 1 heterocycles. The highest BCUT2D eigenvalue weighted by molar-refractivity contribution is 6.03. The predicted molar refractivity (Wildman–Crippen MR) is 87.0 cm³/mol. The lowest BCUT2D eigenvalue weighted by Gasteiger charge is -2.13. The van der Waals surface area contributed by atoms with E-state index in [0.717, 1.165) is 29.9 Å². The van der Waals surface area contributed by atoms with E-state index in [4.69, 9.17) is 0 Å². The number of carbonyl (C=O) groups excluding carboxylic acids is 1. The van der Waals surface area contributed by atoms with Crippen molar-refractivity contribution < 1.29 is 4.79 Å².